The lowest BCUT2D eigenvalue weighted by atomic mass is 10.0. The Balaban J connectivity index is 2.72. The summed E-state index contributed by atoms with van der Waals surface area (Å²) in [4.78, 5) is 4.26. The number of benzene rings is 1. The van der Waals surface area contributed by atoms with Crippen LogP contribution in [0.25, 0.3) is 6.08 Å². The minimum atomic E-state index is -0.769. The van der Waals surface area contributed by atoms with Crippen molar-refractivity contribution in [1.82, 2.24) is 0 Å². The molecule has 1 heterocycles. The van der Waals surface area contributed by atoms with Crippen LogP contribution in [0.15, 0.2) is 29.3 Å². The van der Waals surface area contributed by atoms with E-state index in [1.165, 1.54) is 0 Å². The Kier molecular flexibility index (Phi) is 1.51. The van der Waals surface area contributed by atoms with Crippen LogP contribution in [0.4, 0.5) is 0 Å². The van der Waals surface area contributed by atoms with Crippen LogP contribution in [0.3, 0.4) is 0 Å². The molecule has 2 heteroatoms. The molecule has 1 unspecified atom stereocenters. The van der Waals surface area contributed by atoms with Crippen LogP contribution in [0.2, 0.25) is 0 Å². The Bertz CT molecular complexity index is 406. The normalized spacial score (nSPS) is 26.8. The highest BCUT2D eigenvalue weighted by Gasteiger charge is 2.17. The Hall–Kier alpha value is -1.15. The Morgan fingerprint density at radius 1 is 1.42 bits per heavy atom. The van der Waals surface area contributed by atoms with E-state index < -0.39 is 5.60 Å². The summed E-state index contributed by atoms with van der Waals surface area (Å²) < 4.78 is 0. The van der Waals surface area contributed by atoms with Crippen LogP contribution in [-0.4, -0.2) is 17.3 Å². The van der Waals surface area contributed by atoms with E-state index in [2.05, 4.69) is 4.99 Å². The van der Waals surface area contributed by atoms with Crippen molar-refractivity contribution in [1.29, 1.82) is 0 Å². The van der Waals surface area contributed by atoms with Gasteiger partial charge < -0.3 is 5.11 Å². The van der Waals surface area contributed by atoms with Gasteiger partial charge >= 0.3 is 0 Å². The third-order valence-electron chi connectivity index (χ3n) is 1.97. The molecule has 2 nitrogen and oxygen atoms in total. The molecule has 1 N–H and O–H groups in total. The summed E-state index contributed by atoms with van der Waals surface area (Å²) >= 11 is 0. The van der Waals surface area contributed by atoms with Gasteiger partial charge in [-0.05, 0) is 24.3 Å². The summed E-state index contributed by atoms with van der Waals surface area (Å²) in [5, 5.41) is 11.7. The fourth-order valence-electron chi connectivity index (χ4n) is 1.38. The third-order valence-corrected chi connectivity index (χ3v) is 1.97. The summed E-state index contributed by atoms with van der Waals surface area (Å²) in [5.74, 6) is 0. The molecule has 0 saturated carbocycles. The van der Waals surface area contributed by atoms with Gasteiger partial charge in [0.2, 0.25) is 0 Å². The van der Waals surface area contributed by atoms with Crippen LogP contribution in [0, 0.1) is 0 Å². The van der Waals surface area contributed by atoms with Crippen molar-refractivity contribution in [3.8, 4) is 0 Å². The zero-order valence-corrected chi connectivity index (χ0v) is 6.99. The Morgan fingerprint density at radius 2 is 2.17 bits per heavy atom. The van der Waals surface area contributed by atoms with Crippen molar-refractivity contribution in [2.45, 2.75) is 12.5 Å². The van der Waals surface area contributed by atoms with Crippen LogP contribution in [0.5, 0.6) is 0 Å². The quantitative estimate of drug-likeness (QED) is 0.564. The highest BCUT2D eigenvalue weighted by molar-refractivity contribution is 5.35. The van der Waals surface area contributed by atoms with Gasteiger partial charge in [-0.1, -0.05) is 18.2 Å². The van der Waals surface area contributed by atoms with Crippen molar-refractivity contribution in [3.63, 3.8) is 0 Å². The van der Waals surface area contributed by atoms with E-state index >= 15 is 0 Å². The number of hydrogen-bond acceptors (Lipinski definition) is 2. The van der Waals surface area contributed by atoms with E-state index in [1.54, 1.807) is 6.92 Å². The van der Waals surface area contributed by atoms with Gasteiger partial charge in [0, 0.05) is 0 Å². The molecule has 0 amide bonds. The van der Waals surface area contributed by atoms with E-state index in [0.29, 0.717) is 6.54 Å². The lowest BCUT2D eigenvalue weighted by molar-refractivity contribution is 0.135. The molecule has 0 aliphatic carbocycles. The SMILES string of the molecule is CC1(O)C=c2ccccc2=NC1. The maximum absolute atomic E-state index is 9.67. The number of aliphatic hydroxyl groups is 1. The summed E-state index contributed by atoms with van der Waals surface area (Å²) in [6.07, 6.45) is 1.86. The number of nitrogens with zero attached hydrogens (tertiary/aromatic N) is 1. The minimum Gasteiger partial charge on any atom is -0.384 e. The van der Waals surface area contributed by atoms with Gasteiger partial charge in [-0.3, -0.25) is 4.99 Å². The molecule has 1 aromatic rings. The average Bonchev–Trinajstić information content (AvgIpc) is 2.02. The van der Waals surface area contributed by atoms with Crippen LogP contribution < -0.4 is 10.6 Å². The zero-order valence-electron chi connectivity index (χ0n) is 6.99. The van der Waals surface area contributed by atoms with Gasteiger partial charge in [0.05, 0.1) is 11.9 Å². The highest BCUT2D eigenvalue weighted by Crippen LogP contribution is 2.06. The highest BCUT2D eigenvalue weighted by atomic mass is 16.3. The number of hydrogen-bond donors (Lipinski definition) is 1. The molecular formula is C10H11NO. The number of rotatable bonds is 0. The number of fused-ring (bicyclic) bond motifs is 1. The first-order valence-corrected chi connectivity index (χ1v) is 4.02. The smallest absolute Gasteiger partial charge is 0.100 e. The van der Waals surface area contributed by atoms with E-state index in [-0.39, 0.29) is 0 Å². The first kappa shape index (κ1) is 7.50. The molecule has 0 aromatic heterocycles. The first-order valence-electron chi connectivity index (χ1n) is 4.02. The lowest BCUT2D eigenvalue weighted by Gasteiger charge is -2.18. The molecule has 0 spiro atoms. The minimum absolute atomic E-state index is 0.462. The molecule has 2 rings (SSSR count). The van der Waals surface area contributed by atoms with Gasteiger partial charge in [-0.25, -0.2) is 0 Å². The second kappa shape index (κ2) is 2.42. The van der Waals surface area contributed by atoms with Gasteiger partial charge in [0.25, 0.3) is 0 Å². The molecular weight excluding hydrogens is 150 g/mol. The van der Waals surface area contributed by atoms with Crippen molar-refractivity contribution in [2.75, 3.05) is 6.54 Å². The van der Waals surface area contributed by atoms with E-state index in [0.717, 1.165) is 10.6 Å². The van der Waals surface area contributed by atoms with E-state index in [1.807, 2.05) is 30.3 Å². The molecule has 1 aliphatic heterocycles. The average molecular weight is 161 g/mol. The Morgan fingerprint density at radius 3 is 3.00 bits per heavy atom. The molecule has 1 aromatic carbocycles. The monoisotopic (exact) mass is 161 g/mol. The van der Waals surface area contributed by atoms with E-state index in [9.17, 15) is 5.11 Å². The molecule has 62 valence electrons. The van der Waals surface area contributed by atoms with Crippen molar-refractivity contribution >= 4 is 6.08 Å². The van der Waals surface area contributed by atoms with Crippen LogP contribution >= 0.6 is 0 Å². The molecule has 0 fully saturated rings. The molecule has 0 bridgehead atoms. The molecule has 0 saturated heterocycles. The van der Waals surface area contributed by atoms with Crippen LogP contribution in [0.1, 0.15) is 6.92 Å². The zero-order chi connectivity index (χ0) is 8.60. The predicted molar refractivity (Wildman–Crippen MR) is 47.2 cm³/mol. The van der Waals surface area contributed by atoms with Gasteiger partial charge in [0.15, 0.2) is 0 Å². The third kappa shape index (κ3) is 1.25. The second-order valence-corrected chi connectivity index (χ2v) is 3.38. The predicted octanol–water partition coefficient (Wildman–Crippen LogP) is -0.149. The van der Waals surface area contributed by atoms with Crippen molar-refractivity contribution in [3.05, 3.63) is 34.8 Å². The van der Waals surface area contributed by atoms with Gasteiger partial charge in [-0.2, -0.15) is 0 Å². The van der Waals surface area contributed by atoms with Crippen LogP contribution in [-0.2, 0) is 0 Å². The summed E-state index contributed by atoms with van der Waals surface area (Å²) in [6, 6.07) is 7.83. The van der Waals surface area contributed by atoms with E-state index in [4.69, 9.17) is 0 Å². The fourth-order valence-corrected chi connectivity index (χ4v) is 1.38. The standard InChI is InChI=1S/C10H11NO/c1-10(12)6-8-4-2-3-5-9(8)11-7-10/h2-6,12H,7H2,1H3. The lowest BCUT2D eigenvalue weighted by Crippen LogP contribution is -2.39. The first-order chi connectivity index (χ1) is 5.67. The maximum Gasteiger partial charge on any atom is 0.100 e. The second-order valence-electron chi connectivity index (χ2n) is 3.38. The Labute approximate surface area is 70.9 Å². The molecule has 1 atom stereocenters. The summed E-state index contributed by atoms with van der Waals surface area (Å²) in [7, 11) is 0. The molecule has 0 radical (unpaired) electrons. The number of para-hydroxylation sites is 1. The largest absolute Gasteiger partial charge is 0.384 e. The fraction of sp³-hybridized carbons (Fsp3) is 0.300. The molecule has 12 heavy (non-hydrogen) atoms. The van der Waals surface area contributed by atoms with Crippen molar-refractivity contribution in [2.24, 2.45) is 4.99 Å². The maximum atomic E-state index is 9.67. The van der Waals surface area contributed by atoms with Gasteiger partial charge in [-0.15, -0.1) is 0 Å². The topological polar surface area (TPSA) is 32.6 Å². The van der Waals surface area contributed by atoms with Crippen molar-refractivity contribution < 1.29 is 5.11 Å². The summed E-state index contributed by atoms with van der Waals surface area (Å²) in [6.45, 7) is 2.23. The van der Waals surface area contributed by atoms with Gasteiger partial charge in [0.1, 0.15) is 5.60 Å². The molecule has 1 aliphatic rings. The summed E-state index contributed by atoms with van der Waals surface area (Å²) in [5.41, 5.74) is -0.769.